The van der Waals surface area contributed by atoms with Crippen molar-refractivity contribution in [3.63, 3.8) is 0 Å². The van der Waals surface area contributed by atoms with Crippen LogP contribution in [0.5, 0.6) is 0 Å². The summed E-state index contributed by atoms with van der Waals surface area (Å²) in [6.45, 7) is 7.53. The van der Waals surface area contributed by atoms with E-state index in [1.807, 2.05) is 87.3 Å². The van der Waals surface area contributed by atoms with Crippen molar-refractivity contribution in [1.82, 2.24) is 40.4 Å². The van der Waals surface area contributed by atoms with Crippen LogP contribution < -0.4 is 10.6 Å². The zero-order chi connectivity index (χ0) is 40.3. The summed E-state index contributed by atoms with van der Waals surface area (Å²) in [6.07, 6.45) is 3.89. The Morgan fingerprint density at radius 1 is 0.684 bits per heavy atom. The van der Waals surface area contributed by atoms with Gasteiger partial charge in [-0.15, -0.1) is 0 Å². The molecule has 2 aromatic heterocycles. The highest BCUT2D eigenvalue weighted by Crippen LogP contribution is 2.54. The second-order valence-electron chi connectivity index (χ2n) is 16.4. The minimum atomic E-state index is -0.774. The molecule has 2 aliphatic heterocycles. The van der Waals surface area contributed by atoms with Crippen LogP contribution in [0.4, 0.5) is 14.0 Å². The maximum atomic E-state index is 15.5. The van der Waals surface area contributed by atoms with Gasteiger partial charge in [-0.05, 0) is 60.5 Å². The molecule has 2 aromatic carbocycles. The second kappa shape index (κ2) is 15.0. The van der Waals surface area contributed by atoms with Crippen LogP contribution in [0.1, 0.15) is 77.1 Å². The molecule has 0 bridgehead atoms. The summed E-state index contributed by atoms with van der Waals surface area (Å²) >= 11 is 0. The smallest absolute Gasteiger partial charge is 0.407 e. The van der Waals surface area contributed by atoms with Gasteiger partial charge in [-0.25, -0.2) is 19.6 Å². The summed E-state index contributed by atoms with van der Waals surface area (Å²) in [5.74, 6) is 0.662. The molecule has 4 aromatic rings. The van der Waals surface area contributed by atoms with Gasteiger partial charge in [0.1, 0.15) is 29.4 Å². The van der Waals surface area contributed by atoms with Gasteiger partial charge >= 0.3 is 12.2 Å². The van der Waals surface area contributed by atoms with E-state index in [2.05, 4.69) is 25.6 Å². The van der Waals surface area contributed by atoms with E-state index < -0.39 is 36.3 Å². The van der Waals surface area contributed by atoms with Crippen LogP contribution in [0.3, 0.4) is 0 Å². The Balaban J connectivity index is 0.947. The van der Waals surface area contributed by atoms with E-state index in [4.69, 9.17) is 14.5 Å². The number of rotatable bonds is 11. The number of aromatic amines is 2. The summed E-state index contributed by atoms with van der Waals surface area (Å²) in [5.41, 5.74) is 4.36. The predicted octanol–water partition coefficient (Wildman–Crippen LogP) is 6.36. The third kappa shape index (κ3) is 7.23. The SMILES string of the molecule is COC(=O)NC(C(=O)N1[C@@H]2CC2C[C@H]1c1nc(-c2ccc(-c3ccc(-c4c[nH]c([C@@H]5C[C@H]6C[C@H]6N5C(=O)[C@@H](NC(=O)OC)C(C)C)n4)cc3)cc2)c(F)[nH]1)C(C)C. The normalized spacial score (nSPS) is 24.2. The number of imidazole rings is 2. The Bertz CT molecular complexity index is 2170. The first kappa shape index (κ1) is 38.2. The van der Waals surface area contributed by atoms with Gasteiger partial charge in [0, 0.05) is 29.4 Å². The molecule has 2 unspecified atom stereocenters. The van der Waals surface area contributed by atoms with Crippen LogP contribution in [0.2, 0.25) is 0 Å². The number of amides is 4. The number of fused-ring (bicyclic) bond motifs is 2. The number of carbonyl (C=O) groups excluding carboxylic acids is 4. The zero-order valence-corrected chi connectivity index (χ0v) is 32.9. The van der Waals surface area contributed by atoms with Crippen molar-refractivity contribution < 1.29 is 33.0 Å². The van der Waals surface area contributed by atoms with E-state index in [-0.39, 0.29) is 47.5 Å². The molecule has 4 heterocycles. The highest BCUT2D eigenvalue weighted by molar-refractivity contribution is 5.88. The lowest BCUT2D eigenvalue weighted by molar-refractivity contribution is -0.137. The molecule has 14 nitrogen and oxygen atoms in total. The number of benzene rings is 2. The van der Waals surface area contributed by atoms with Gasteiger partial charge in [0.25, 0.3) is 0 Å². The third-order valence-corrected chi connectivity index (χ3v) is 12.1. The maximum Gasteiger partial charge on any atom is 0.407 e. The molecule has 4 fully saturated rings. The van der Waals surface area contributed by atoms with E-state index in [1.54, 1.807) is 4.90 Å². The van der Waals surface area contributed by atoms with Crippen LogP contribution in [0.25, 0.3) is 33.6 Å². The molecular weight excluding hydrogens is 732 g/mol. The molecule has 57 heavy (non-hydrogen) atoms. The molecule has 4 aliphatic rings. The molecule has 15 heteroatoms. The van der Waals surface area contributed by atoms with E-state index in [0.29, 0.717) is 29.6 Å². The average Bonchev–Trinajstić information content (AvgIpc) is 3.85. The first-order valence-corrected chi connectivity index (χ1v) is 19.7. The number of aromatic nitrogens is 4. The summed E-state index contributed by atoms with van der Waals surface area (Å²) in [4.78, 5) is 71.0. The van der Waals surface area contributed by atoms with Crippen molar-refractivity contribution in [3.05, 3.63) is 72.3 Å². The molecule has 4 N–H and O–H groups in total. The Morgan fingerprint density at radius 3 is 1.61 bits per heavy atom. The number of methoxy groups -OCH3 is 2. The molecule has 4 amide bonds. The Kier molecular flexibility index (Phi) is 10.0. The Morgan fingerprint density at radius 2 is 1.14 bits per heavy atom. The van der Waals surface area contributed by atoms with Crippen LogP contribution >= 0.6 is 0 Å². The number of carbonyl (C=O) groups is 4. The van der Waals surface area contributed by atoms with Crippen molar-refractivity contribution >= 4 is 24.0 Å². The second-order valence-corrected chi connectivity index (χ2v) is 16.4. The van der Waals surface area contributed by atoms with Crippen LogP contribution in [0.15, 0.2) is 54.7 Å². The summed E-state index contributed by atoms with van der Waals surface area (Å²) in [6, 6.07) is 13.6. The molecule has 2 saturated heterocycles. The number of alkyl carbamates (subject to hydrolysis) is 2. The minimum Gasteiger partial charge on any atom is -0.453 e. The van der Waals surface area contributed by atoms with E-state index in [1.165, 1.54) is 14.2 Å². The predicted molar refractivity (Wildman–Crippen MR) is 208 cm³/mol. The van der Waals surface area contributed by atoms with Gasteiger partial charge in [-0.2, -0.15) is 4.39 Å². The highest BCUT2D eigenvalue weighted by atomic mass is 19.1. The highest BCUT2D eigenvalue weighted by Gasteiger charge is 2.57. The number of piperidine rings is 2. The van der Waals surface area contributed by atoms with E-state index in [9.17, 15) is 19.2 Å². The van der Waals surface area contributed by atoms with E-state index in [0.717, 1.165) is 47.5 Å². The molecule has 8 atom stereocenters. The molecule has 300 valence electrons. The van der Waals surface area contributed by atoms with Gasteiger partial charge in [-0.1, -0.05) is 76.2 Å². The van der Waals surface area contributed by atoms with Crippen LogP contribution in [-0.4, -0.2) is 92.1 Å². The van der Waals surface area contributed by atoms with Crippen molar-refractivity contribution in [2.24, 2.45) is 23.7 Å². The largest absolute Gasteiger partial charge is 0.453 e. The van der Waals surface area contributed by atoms with Gasteiger partial charge in [-0.3, -0.25) is 9.59 Å². The van der Waals surface area contributed by atoms with Crippen molar-refractivity contribution in [1.29, 1.82) is 0 Å². The Labute approximate surface area is 330 Å². The molecular formula is C42H49FN8O6. The maximum absolute atomic E-state index is 15.5. The Hall–Kier alpha value is -5.73. The summed E-state index contributed by atoms with van der Waals surface area (Å²) < 4.78 is 25.0. The number of nitrogens with zero attached hydrogens (tertiary/aromatic N) is 4. The number of hydrogen-bond acceptors (Lipinski definition) is 8. The average molecular weight is 781 g/mol. The van der Waals surface area contributed by atoms with Crippen molar-refractivity contribution in [2.75, 3.05) is 14.2 Å². The van der Waals surface area contributed by atoms with Crippen molar-refractivity contribution in [2.45, 2.75) is 89.6 Å². The fourth-order valence-electron chi connectivity index (χ4n) is 8.78. The lowest BCUT2D eigenvalue weighted by Crippen LogP contribution is -2.52. The van der Waals surface area contributed by atoms with Gasteiger partial charge in [0.15, 0.2) is 0 Å². The lowest BCUT2D eigenvalue weighted by atomic mass is 10.0. The first-order valence-electron chi connectivity index (χ1n) is 19.7. The zero-order valence-electron chi connectivity index (χ0n) is 32.9. The number of halogens is 1. The third-order valence-electron chi connectivity index (χ3n) is 12.1. The molecule has 0 spiro atoms. The standard InChI is InChI=1S/C42H49FN8O6/c1-20(2)33(47-41(54)56-5)39(52)50-29-15-26(29)17-31(50)37-44-19-28(45-37)24-11-7-22(8-12-24)23-9-13-25(14-10-23)35-36(43)49-38(46-35)32-18-27-16-30(27)51(32)40(53)34(21(3)4)48-42(55)57-6/h7-14,19-21,26-27,29-34H,15-18H2,1-6H3,(H,44,45)(H,46,49)(H,47,54)(H,48,55)/t26-,27?,29-,30-,31+,32+,33+,34?/m1/s1. The number of H-pyrrole nitrogens is 2. The first-order chi connectivity index (χ1) is 27.4. The number of nitrogens with one attached hydrogen (secondary N) is 4. The number of ether oxygens (including phenoxy) is 2. The lowest BCUT2D eigenvalue weighted by Gasteiger charge is -2.31. The fraction of sp³-hybridized carbons (Fsp3) is 0.476. The van der Waals surface area contributed by atoms with Crippen LogP contribution in [0, 0.1) is 29.6 Å². The van der Waals surface area contributed by atoms with Crippen LogP contribution in [-0.2, 0) is 19.1 Å². The monoisotopic (exact) mass is 780 g/mol. The molecule has 2 aliphatic carbocycles. The molecule has 0 radical (unpaired) electrons. The molecule has 2 saturated carbocycles. The van der Waals surface area contributed by atoms with Crippen molar-refractivity contribution in [3.8, 4) is 33.6 Å². The number of hydrogen-bond donors (Lipinski definition) is 4. The topological polar surface area (TPSA) is 175 Å². The van der Waals surface area contributed by atoms with Gasteiger partial charge < -0.3 is 39.9 Å². The fourth-order valence-corrected chi connectivity index (χ4v) is 8.78. The minimum absolute atomic E-state index is 0.0419. The number of likely N-dealkylation sites (tertiary alicyclic amines) is 2. The summed E-state index contributed by atoms with van der Waals surface area (Å²) in [5, 5.41) is 5.39. The van der Waals surface area contributed by atoms with E-state index >= 15 is 4.39 Å². The van der Waals surface area contributed by atoms with Gasteiger partial charge in [0.2, 0.25) is 17.8 Å². The molecule has 8 rings (SSSR count). The van der Waals surface area contributed by atoms with Gasteiger partial charge in [0.05, 0.1) is 32.0 Å². The quantitative estimate of drug-likeness (QED) is 0.136. The summed E-state index contributed by atoms with van der Waals surface area (Å²) in [7, 11) is 2.55.